The number of nitrogens with one attached hydrogen (secondary N) is 2. The summed E-state index contributed by atoms with van der Waals surface area (Å²) < 4.78 is 5.39. The largest absolute Gasteiger partial charge is 0.494 e. The Labute approximate surface area is 155 Å². The van der Waals surface area contributed by atoms with Crippen LogP contribution in [0.15, 0.2) is 48.8 Å². The van der Waals surface area contributed by atoms with E-state index in [0.717, 1.165) is 5.69 Å². The summed E-state index contributed by atoms with van der Waals surface area (Å²) in [6.45, 7) is 4.29. The topological polar surface area (TPSA) is 115 Å². The Hall–Kier alpha value is -3.75. The second-order valence-corrected chi connectivity index (χ2v) is 5.55. The Morgan fingerprint density at radius 1 is 1.07 bits per heavy atom. The van der Waals surface area contributed by atoms with Gasteiger partial charge in [0.05, 0.1) is 11.5 Å². The van der Waals surface area contributed by atoms with Crippen LogP contribution in [-0.4, -0.2) is 26.5 Å². The lowest BCUT2D eigenvalue weighted by Gasteiger charge is -2.10. The molecular weight excluding hydrogens is 348 g/mol. The van der Waals surface area contributed by atoms with Gasteiger partial charge in [-0.3, -0.25) is 10.1 Å². The number of nitro groups is 1. The van der Waals surface area contributed by atoms with Crippen LogP contribution in [-0.2, 0) is 0 Å². The van der Waals surface area contributed by atoms with Gasteiger partial charge < -0.3 is 15.4 Å². The van der Waals surface area contributed by atoms with Crippen LogP contribution in [0.4, 0.5) is 28.8 Å². The zero-order valence-corrected chi connectivity index (χ0v) is 14.8. The molecule has 9 heteroatoms. The van der Waals surface area contributed by atoms with Crippen molar-refractivity contribution in [3.05, 3.63) is 64.6 Å². The number of hydrogen-bond acceptors (Lipinski definition) is 8. The number of anilines is 4. The van der Waals surface area contributed by atoms with E-state index in [4.69, 9.17) is 4.74 Å². The number of nitrogens with zero attached hydrogens (tertiary/aromatic N) is 4. The van der Waals surface area contributed by atoms with Gasteiger partial charge in [0.15, 0.2) is 0 Å². The minimum Gasteiger partial charge on any atom is -0.494 e. The van der Waals surface area contributed by atoms with Crippen LogP contribution in [0.2, 0.25) is 0 Å². The molecule has 0 aliphatic heterocycles. The van der Waals surface area contributed by atoms with Crippen molar-refractivity contribution in [3.63, 3.8) is 0 Å². The second-order valence-electron chi connectivity index (χ2n) is 5.55. The predicted molar refractivity (Wildman–Crippen MR) is 102 cm³/mol. The number of aromatic nitrogens is 3. The van der Waals surface area contributed by atoms with Crippen LogP contribution >= 0.6 is 0 Å². The Morgan fingerprint density at radius 3 is 2.41 bits per heavy atom. The first kappa shape index (κ1) is 18.1. The molecule has 0 saturated heterocycles. The molecule has 9 nitrogen and oxygen atoms in total. The van der Waals surface area contributed by atoms with E-state index in [1.807, 2.05) is 19.9 Å². The summed E-state index contributed by atoms with van der Waals surface area (Å²) in [6.07, 6.45) is 1.25. The first-order valence-electron chi connectivity index (χ1n) is 8.26. The molecule has 0 bridgehead atoms. The fraction of sp³-hybridized carbons (Fsp3) is 0.167. The summed E-state index contributed by atoms with van der Waals surface area (Å²) in [7, 11) is 0. The van der Waals surface area contributed by atoms with Gasteiger partial charge in [-0.05, 0) is 50.2 Å². The molecule has 0 aliphatic carbocycles. The first-order chi connectivity index (χ1) is 13.1. The zero-order valence-electron chi connectivity index (χ0n) is 14.8. The molecule has 2 heterocycles. The van der Waals surface area contributed by atoms with Crippen LogP contribution in [0.5, 0.6) is 5.75 Å². The minimum absolute atomic E-state index is 0.0570. The fourth-order valence-corrected chi connectivity index (χ4v) is 2.41. The summed E-state index contributed by atoms with van der Waals surface area (Å²) >= 11 is 0. The molecule has 0 unspecified atom stereocenters. The molecular formula is C18H18N6O3. The molecule has 0 amide bonds. The third-order valence-corrected chi connectivity index (χ3v) is 3.57. The molecule has 0 radical (unpaired) electrons. The van der Waals surface area contributed by atoms with Crippen molar-refractivity contribution in [1.29, 1.82) is 0 Å². The standard InChI is InChI=1S/C18H18N6O3/c1-3-27-14-9-7-13(8-10-14)22-17-16(24(25)26)18(20-11-19-17)23-15-6-4-5-12(2)21-15/h4-11H,3H2,1-2H3,(H2,19,20,21,22,23). The molecule has 138 valence electrons. The van der Waals surface area contributed by atoms with E-state index in [0.29, 0.717) is 23.9 Å². The maximum Gasteiger partial charge on any atom is 0.353 e. The van der Waals surface area contributed by atoms with E-state index in [1.165, 1.54) is 6.33 Å². The van der Waals surface area contributed by atoms with E-state index in [-0.39, 0.29) is 17.3 Å². The van der Waals surface area contributed by atoms with Gasteiger partial charge in [-0.15, -0.1) is 0 Å². The maximum absolute atomic E-state index is 11.6. The molecule has 0 atom stereocenters. The highest BCUT2D eigenvalue weighted by Gasteiger charge is 2.23. The maximum atomic E-state index is 11.6. The van der Waals surface area contributed by atoms with Gasteiger partial charge in [0.1, 0.15) is 17.9 Å². The number of rotatable bonds is 7. The van der Waals surface area contributed by atoms with Crippen LogP contribution < -0.4 is 15.4 Å². The summed E-state index contributed by atoms with van der Waals surface area (Å²) in [4.78, 5) is 23.4. The summed E-state index contributed by atoms with van der Waals surface area (Å²) in [5.74, 6) is 1.31. The third kappa shape index (κ3) is 4.46. The highest BCUT2D eigenvalue weighted by molar-refractivity contribution is 5.76. The lowest BCUT2D eigenvalue weighted by molar-refractivity contribution is -0.383. The highest BCUT2D eigenvalue weighted by Crippen LogP contribution is 2.32. The van der Waals surface area contributed by atoms with E-state index >= 15 is 0 Å². The Bertz CT molecular complexity index is 946. The fourth-order valence-electron chi connectivity index (χ4n) is 2.41. The summed E-state index contributed by atoms with van der Waals surface area (Å²) in [6, 6.07) is 12.4. The van der Waals surface area contributed by atoms with Crippen molar-refractivity contribution in [2.75, 3.05) is 17.2 Å². The van der Waals surface area contributed by atoms with E-state index in [2.05, 4.69) is 25.6 Å². The van der Waals surface area contributed by atoms with Gasteiger partial charge in [-0.1, -0.05) is 6.07 Å². The van der Waals surface area contributed by atoms with Gasteiger partial charge in [0.2, 0.25) is 11.6 Å². The van der Waals surface area contributed by atoms with Crippen LogP contribution in [0, 0.1) is 17.0 Å². The zero-order chi connectivity index (χ0) is 19.2. The highest BCUT2D eigenvalue weighted by atomic mass is 16.6. The predicted octanol–water partition coefficient (Wildman–Crippen LogP) is 3.97. The molecule has 27 heavy (non-hydrogen) atoms. The molecule has 0 fully saturated rings. The van der Waals surface area contributed by atoms with E-state index in [9.17, 15) is 10.1 Å². The average molecular weight is 366 g/mol. The number of hydrogen-bond donors (Lipinski definition) is 2. The monoisotopic (exact) mass is 366 g/mol. The van der Waals surface area contributed by atoms with Crippen LogP contribution in [0.1, 0.15) is 12.6 Å². The first-order valence-corrected chi connectivity index (χ1v) is 8.26. The average Bonchev–Trinajstić information content (AvgIpc) is 2.63. The van der Waals surface area contributed by atoms with Crippen molar-refractivity contribution >= 4 is 28.8 Å². The summed E-state index contributed by atoms with van der Waals surface area (Å²) in [5, 5.41) is 17.5. The Morgan fingerprint density at radius 2 is 1.78 bits per heavy atom. The molecule has 0 aliphatic rings. The normalized spacial score (nSPS) is 10.3. The number of aryl methyl sites for hydroxylation is 1. The number of ether oxygens (including phenoxy) is 1. The lowest BCUT2D eigenvalue weighted by atomic mass is 10.3. The number of pyridine rings is 1. The smallest absolute Gasteiger partial charge is 0.353 e. The van der Waals surface area contributed by atoms with Crippen molar-refractivity contribution < 1.29 is 9.66 Å². The van der Waals surface area contributed by atoms with Crippen LogP contribution in [0.3, 0.4) is 0 Å². The minimum atomic E-state index is -0.533. The van der Waals surface area contributed by atoms with Crippen LogP contribution in [0.25, 0.3) is 0 Å². The summed E-state index contributed by atoms with van der Waals surface area (Å²) in [5.41, 5.74) is 1.15. The molecule has 3 rings (SSSR count). The molecule has 3 aromatic rings. The molecule has 0 saturated carbocycles. The quantitative estimate of drug-likeness (QED) is 0.477. The Kier molecular flexibility index (Phi) is 5.41. The van der Waals surface area contributed by atoms with Gasteiger partial charge in [0, 0.05) is 11.4 Å². The third-order valence-electron chi connectivity index (χ3n) is 3.57. The van der Waals surface area contributed by atoms with Gasteiger partial charge in [-0.25, -0.2) is 15.0 Å². The number of benzene rings is 1. The lowest BCUT2D eigenvalue weighted by Crippen LogP contribution is -2.06. The second kappa shape index (κ2) is 8.09. The van der Waals surface area contributed by atoms with Crippen molar-refractivity contribution in [2.24, 2.45) is 0 Å². The van der Waals surface area contributed by atoms with Gasteiger partial charge in [0.25, 0.3) is 0 Å². The SMILES string of the molecule is CCOc1ccc(Nc2ncnc(Nc3cccc(C)n3)c2[N+](=O)[O-])cc1. The van der Waals surface area contributed by atoms with E-state index in [1.54, 1.807) is 36.4 Å². The molecule has 0 spiro atoms. The molecule has 2 aromatic heterocycles. The van der Waals surface area contributed by atoms with Crippen molar-refractivity contribution in [3.8, 4) is 5.75 Å². The Balaban J connectivity index is 1.90. The molecule has 2 N–H and O–H groups in total. The van der Waals surface area contributed by atoms with E-state index < -0.39 is 4.92 Å². The van der Waals surface area contributed by atoms with Crippen molar-refractivity contribution in [2.45, 2.75) is 13.8 Å². The van der Waals surface area contributed by atoms with Crippen molar-refractivity contribution in [1.82, 2.24) is 15.0 Å². The van der Waals surface area contributed by atoms with Gasteiger partial charge in [-0.2, -0.15) is 0 Å². The molecule has 1 aromatic carbocycles. The van der Waals surface area contributed by atoms with Gasteiger partial charge >= 0.3 is 5.69 Å².